The van der Waals surface area contributed by atoms with E-state index >= 15 is 0 Å². The van der Waals surface area contributed by atoms with Crippen LogP contribution < -0.4 is 10.6 Å². The van der Waals surface area contributed by atoms with Crippen LogP contribution in [0.2, 0.25) is 0 Å². The highest BCUT2D eigenvalue weighted by molar-refractivity contribution is 8.19. The maximum absolute atomic E-state index is 12.2. The van der Waals surface area contributed by atoms with Gasteiger partial charge in [-0.3, -0.25) is 9.69 Å². The standard InChI is InChI=1S/C18H25N3O3S2/c1-2-21(11-16(22)23)15-9-14(10-15)20-18(24)19-13-5-3-4-12(8-13)17-25-6-7-26-17/h3-5,8,14-15,17H,2,6-7,9-11H2,1H3,(H,22,23)(H2,19,20,24). The van der Waals surface area contributed by atoms with E-state index < -0.39 is 5.97 Å². The molecule has 1 saturated heterocycles. The number of hydrogen-bond acceptors (Lipinski definition) is 5. The van der Waals surface area contributed by atoms with Gasteiger partial charge in [-0.05, 0) is 37.1 Å². The Balaban J connectivity index is 1.45. The fraction of sp³-hybridized carbons (Fsp3) is 0.556. The van der Waals surface area contributed by atoms with Gasteiger partial charge in [-0.25, -0.2) is 4.79 Å². The number of benzene rings is 1. The number of aliphatic carboxylic acids is 1. The van der Waals surface area contributed by atoms with Gasteiger partial charge in [0.25, 0.3) is 0 Å². The van der Waals surface area contributed by atoms with Gasteiger partial charge in [0.2, 0.25) is 0 Å². The minimum Gasteiger partial charge on any atom is -0.480 e. The highest BCUT2D eigenvalue weighted by atomic mass is 32.2. The van der Waals surface area contributed by atoms with E-state index in [4.69, 9.17) is 5.11 Å². The number of nitrogens with one attached hydrogen (secondary N) is 2. The van der Waals surface area contributed by atoms with Gasteiger partial charge in [0.05, 0.1) is 11.1 Å². The summed E-state index contributed by atoms with van der Waals surface area (Å²) in [6.45, 7) is 2.73. The highest BCUT2D eigenvalue weighted by Crippen LogP contribution is 2.45. The maximum atomic E-state index is 12.2. The topological polar surface area (TPSA) is 81.7 Å². The molecule has 0 spiro atoms. The van der Waals surface area contributed by atoms with E-state index in [-0.39, 0.29) is 24.7 Å². The van der Waals surface area contributed by atoms with Crippen LogP contribution in [0.25, 0.3) is 0 Å². The summed E-state index contributed by atoms with van der Waals surface area (Å²) in [5.74, 6) is 1.54. The molecule has 1 aliphatic heterocycles. The second-order valence-electron chi connectivity index (χ2n) is 6.58. The average molecular weight is 396 g/mol. The minimum atomic E-state index is -0.806. The molecule has 0 radical (unpaired) electrons. The van der Waals surface area contributed by atoms with Crippen molar-refractivity contribution in [1.29, 1.82) is 0 Å². The van der Waals surface area contributed by atoms with Crippen LogP contribution in [0.4, 0.5) is 10.5 Å². The predicted molar refractivity (Wildman–Crippen MR) is 108 cm³/mol. The molecule has 0 aromatic heterocycles. The Bertz CT molecular complexity index is 646. The normalized spacial score (nSPS) is 22.8. The number of hydrogen-bond donors (Lipinski definition) is 3. The Morgan fingerprint density at radius 2 is 2.00 bits per heavy atom. The first-order valence-corrected chi connectivity index (χ1v) is 11.0. The Morgan fingerprint density at radius 1 is 1.27 bits per heavy atom. The van der Waals surface area contributed by atoms with E-state index in [9.17, 15) is 9.59 Å². The van der Waals surface area contributed by atoms with Gasteiger partial charge in [0.1, 0.15) is 0 Å². The molecule has 1 saturated carbocycles. The molecular weight excluding hydrogens is 370 g/mol. The lowest BCUT2D eigenvalue weighted by Gasteiger charge is -2.42. The van der Waals surface area contributed by atoms with Crippen molar-refractivity contribution in [2.45, 2.75) is 36.4 Å². The number of carboxylic acids is 1. The molecule has 0 atom stereocenters. The van der Waals surface area contributed by atoms with Gasteiger partial charge in [-0.1, -0.05) is 19.1 Å². The highest BCUT2D eigenvalue weighted by Gasteiger charge is 2.34. The van der Waals surface area contributed by atoms with E-state index in [0.29, 0.717) is 11.1 Å². The Morgan fingerprint density at radius 3 is 2.65 bits per heavy atom. The zero-order valence-electron chi connectivity index (χ0n) is 14.8. The van der Waals surface area contributed by atoms with Crippen molar-refractivity contribution in [3.63, 3.8) is 0 Å². The Hall–Kier alpha value is -1.38. The maximum Gasteiger partial charge on any atom is 0.319 e. The molecule has 1 heterocycles. The number of anilines is 1. The fourth-order valence-corrected chi connectivity index (χ4v) is 6.18. The van der Waals surface area contributed by atoms with E-state index in [1.165, 1.54) is 17.1 Å². The van der Waals surface area contributed by atoms with E-state index in [0.717, 1.165) is 18.5 Å². The molecule has 1 aromatic carbocycles. The minimum absolute atomic E-state index is 0.0596. The van der Waals surface area contributed by atoms with Crippen molar-refractivity contribution in [3.8, 4) is 0 Å². The van der Waals surface area contributed by atoms with Crippen molar-refractivity contribution in [3.05, 3.63) is 29.8 Å². The van der Waals surface area contributed by atoms with Gasteiger partial charge >= 0.3 is 12.0 Å². The molecule has 26 heavy (non-hydrogen) atoms. The molecule has 2 fully saturated rings. The zero-order chi connectivity index (χ0) is 18.5. The number of nitrogens with zero attached hydrogens (tertiary/aromatic N) is 1. The predicted octanol–water partition coefficient (Wildman–Crippen LogP) is 3.22. The lowest BCUT2D eigenvalue weighted by molar-refractivity contribution is -0.139. The van der Waals surface area contributed by atoms with Crippen LogP contribution in [0.15, 0.2) is 24.3 Å². The molecule has 1 aromatic rings. The molecule has 6 nitrogen and oxygen atoms in total. The first-order chi connectivity index (χ1) is 12.5. The van der Waals surface area contributed by atoms with Gasteiger partial charge in [-0.2, -0.15) is 0 Å². The molecular formula is C18H25N3O3S2. The van der Waals surface area contributed by atoms with Crippen molar-refractivity contribution in [1.82, 2.24) is 10.2 Å². The van der Waals surface area contributed by atoms with Crippen LogP contribution in [0.5, 0.6) is 0 Å². The molecule has 8 heteroatoms. The number of urea groups is 1. The summed E-state index contributed by atoms with van der Waals surface area (Å²) in [6, 6.07) is 8.19. The molecule has 3 N–H and O–H groups in total. The third-order valence-electron chi connectivity index (χ3n) is 4.75. The number of amides is 2. The number of thioether (sulfide) groups is 2. The lowest BCUT2D eigenvalue weighted by atomic mass is 9.85. The van der Waals surface area contributed by atoms with Crippen LogP contribution in [-0.4, -0.2) is 58.7 Å². The van der Waals surface area contributed by atoms with Crippen LogP contribution in [-0.2, 0) is 4.79 Å². The Labute approximate surface area is 162 Å². The third kappa shape index (κ3) is 5.08. The smallest absolute Gasteiger partial charge is 0.319 e. The zero-order valence-corrected chi connectivity index (χ0v) is 16.4. The quantitative estimate of drug-likeness (QED) is 0.658. The SMILES string of the molecule is CCN(CC(=O)O)C1CC(NC(=O)Nc2cccc(C3SCCS3)c2)C1. The summed E-state index contributed by atoms with van der Waals surface area (Å²) in [7, 11) is 0. The molecule has 2 amide bonds. The molecule has 0 bridgehead atoms. The summed E-state index contributed by atoms with van der Waals surface area (Å²) >= 11 is 3.89. The number of carbonyl (C=O) groups excluding carboxylic acids is 1. The average Bonchev–Trinajstić information content (AvgIpc) is 3.10. The largest absolute Gasteiger partial charge is 0.480 e. The third-order valence-corrected chi connectivity index (χ3v) is 7.85. The van der Waals surface area contributed by atoms with Crippen molar-refractivity contribution >= 4 is 41.2 Å². The molecule has 2 aliphatic rings. The monoisotopic (exact) mass is 395 g/mol. The number of carboxylic acid groups (broad SMARTS) is 1. The summed E-state index contributed by atoms with van der Waals surface area (Å²) < 4.78 is 0.460. The number of carbonyl (C=O) groups is 2. The van der Waals surface area contributed by atoms with Crippen LogP contribution >= 0.6 is 23.5 Å². The molecule has 142 valence electrons. The summed E-state index contributed by atoms with van der Waals surface area (Å²) in [5.41, 5.74) is 2.05. The van der Waals surface area contributed by atoms with Gasteiger partial charge < -0.3 is 15.7 Å². The van der Waals surface area contributed by atoms with E-state index in [1.54, 1.807) is 0 Å². The first kappa shape index (κ1) is 19.4. The summed E-state index contributed by atoms with van der Waals surface area (Å²) in [5, 5.41) is 14.8. The van der Waals surface area contributed by atoms with Crippen molar-refractivity contribution in [2.75, 3.05) is 29.9 Å². The molecule has 1 aliphatic carbocycles. The van der Waals surface area contributed by atoms with Crippen molar-refractivity contribution in [2.24, 2.45) is 0 Å². The van der Waals surface area contributed by atoms with Gasteiger partial charge in [-0.15, -0.1) is 23.5 Å². The van der Waals surface area contributed by atoms with Crippen LogP contribution in [0.1, 0.15) is 29.9 Å². The van der Waals surface area contributed by atoms with E-state index in [2.05, 4.69) is 16.7 Å². The van der Waals surface area contributed by atoms with Crippen LogP contribution in [0.3, 0.4) is 0 Å². The van der Waals surface area contributed by atoms with Crippen molar-refractivity contribution < 1.29 is 14.7 Å². The van der Waals surface area contributed by atoms with Gasteiger partial charge in [0, 0.05) is 29.3 Å². The molecule has 0 unspecified atom stereocenters. The van der Waals surface area contributed by atoms with E-state index in [1.807, 2.05) is 53.5 Å². The lowest BCUT2D eigenvalue weighted by Crippen LogP contribution is -2.55. The second kappa shape index (κ2) is 9.01. The number of rotatable bonds is 7. The Kier molecular flexibility index (Phi) is 6.72. The number of likely N-dealkylation sites (N-methyl/N-ethyl adjacent to an activating group) is 1. The summed E-state index contributed by atoms with van der Waals surface area (Å²) in [6.07, 6.45) is 1.59. The molecule has 3 rings (SSSR count). The fourth-order valence-electron chi connectivity index (χ4n) is 3.34. The summed E-state index contributed by atoms with van der Waals surface area (Å²) in [4.78, 5) is 25.0. The first-order valence-electron chi connectivity index (χ1n) is 8.91. The van der Waals surface area contributed by atoms with Gasteiger partial charge in [0.15, 0.2) is 0 Å². The second-order valence-corrected chi connectivity index (χ2v) is 9.30. The van der Waals surface area contributed by atoms with Crippen LogP contribution in [0, 0.1) is 0 Å².